The van der Waals surface area contributed by atoms with Gasteiger partial charge in [-0.3, -0.25) is 4.90 Å². The Labute approximate surface area is 211 Å². The van der Waals surface area contributed by atoms with E-state index < -0.39 is 5.54 Å². The van der Waals surface area contributed by atoms with E-state index in [1.54, 1.807) is 0 Å². The Morgan fingerprint density at radius 2 is 1.74 bits per heavy atom. The van der Waals surface area contributed by atoms with Crippen LogP contribution in [0.5, 0.6) is 0 Å². The second kappa shape index (κ2) is 10.8. The average molecular weight is 461 g/mol. The van der Waals surface area contributed by atoms with Crippen LogP contribution >= 0.6 is 0 Å². The van der Waals surface area contributed by atoms with Crippen LogP contribution in [0.1, 0.15) is 43.2 Å². The molecular formula is C33H36N2. The van der Waals surface area contributed by atoms with E-state index in [0.29, 0.717) is 0 Å². The minimum absolute atomic E-state index is 0.0447. The second-order valence-electron chi connectivity index (χ2n) is 9.57. The Bertz CT molecular complexity index is 1300. The van der Waals surface area contributed by atoms with Crippen molar-refractivity contribution in [3.8, 4) is 12.3 Å². The first-order chi connectivity index (χ1) is 17.0. The molecule has 2 unspecified atom stereocenters. The zero-order valence-corrected chi connectivity index (χ0v) is 21.4. The molecule has 0 aromatic heterocycles. The summed E-state index contributed by atoms with van der Waals surface area (Å²) in [7, 11) is 6.18. The smallest absolute Gasteiger partial charge is 0.119 e. The summed E-state index contributed by atoms with van der Waals surface area (Å²) in [5.41, 5.74) is 5.58. The largest absolute Gasteiger partial charge is 0.393 e. The lowest BCUT2D eigenvalue weighted by molar-refractivity contribution is 0.196. The van der Waals surface area contributed by atoms with E-state index in [9.17, 15) is 0 Å². The molecular weight excluding hydrogens is 424 g/mol. The molecule has 0 aliphatic heterocycles. The standard InChI is InChI=1S/C33H36N2/c1-6-33(35(4)5,31-22-14-20-27-17-12-13-21-30(27)31)32(28-18-8-7-9-19-28)25(2)23-29(24-34-3)26-15-10-11-16-26/h1,7-9,12-15,17-24,32,34H,10-11,16H2,2-5H3/b25-23+,29-24+. The maximum atomic E-state index is 6.56. The van der Waals surface area contributed by atoms with Crippen LogP contribution in [0.2, 0.25) is 0 Å². The Morgan fingerprint density at radius 1 is 1.03 bits per heavy atom. The van der Waals surface area contributed by atoms with E-state index >= 15 is 0 Å². The molecule has 2 atom stereocenters. The fraction of sp³-hybridized carbons (Fsp3) is 0.273. The zero-order chi connectivity index (χ0) is 24.8. The van der Waals surface area contributed by atoms with Crippen LogP contribution in [-0.2, 0) is 5.54 Å². The molecule has 0 radical (unpaired) electrons. The summed E-state index contributed by atoms with van der Waals surface area (Å²) in [6.07, 6.45) is 16.9. The highest BCUT2D eigenvalue weighted by Crippen LogP contribution is 2.47. The lowest BCUT2D eigenvalue weighted by atomic mass is 9.69. The molecule has 1 aliphatic carbocycles. The van der Waals surface area contributed by atoms with Crippen molar-refractivity contribution in [3.63, 3.8) is 0 Å². The monoisotopic (exact) mass is 460 g/mol. The highest BCUT2D eigenvalue weighted by molar-refractivity contribution is 5.87. The van der Waals surface area contributed by atoms with Gasteiger partial charge in [0.2, 0.25) is 0 Å². The van der Waals surface area contributed by atoms with Crippen LogP contribution in [0.4, 0.5) is 0 Å². The Morgan fingerprint density at radius 3 is 2.40 bits per heavy atom. The predicted molar refractivity (Wildman–Crippen MR) is 150 cm³/mol. The Hall–Kier alpha value is -3.54. The third-order valence-corrected chi connectivity index (χ3v) is 7.23. The molecule has 178 valence electrons. The number of nitrogens with one attached hydrogen (secondary N) is 1. The number of likely N-dealkylation sites (N-methyl/N-ethyl adjacent to an activating group) is 1. The summed E-state index contributed by atoms with van der Waals surface area (Å²) in [5.74, 6) is 3.27. The average Bonchev–Trinajstić information content (AvgIpc) is 3.42. The molecule has 4 rings (SSSR count). The first-order valence-corrected chi connectivity index (χ1v) is 12.5. The molecule has 0 fully saturated rings. The number of benzene rings is 3. The zero-order valence-electron chi connectivity index (χ0n) is 21.4. The summed E-state index contributed by atoms with van der Waals surface area (Å²) >= 11 is 0. The fourth-order valence-corrected chi connectivity index (χ4v) is 5.63. The van der Waals surface area contributed by atoms with Crippen LogP contribution < -0.4 is 5.32 Å². The summed E-state index contributed by atoms with van der Waals surface area (Å²) in [4.78, 5) is 2.22. The van der Waals surface area contributed by atoms with E-state index in [4.69, 9.17) is 6.42 Å². The maximum Gasteiger partial charge on any atom is 0.119 e. The van der Waals surface area contributed by atoms with Crippen molar-refractivity contribution in [2.75, 3.05) is 21.1 Å². The van der Waals surface area contributed by atoms with Gasteiger partial charge in [-0.25, -0.2) is 0 Å². The molecule has 0 saturated heterocycles. The number of rotatable bonds is 8. The van der Waals surface area contributed by atoms with Crippen molar-refractivity contribution in [3.05, 3.63) is 119 Å². The van der Waals surface area contributed by atoms with Crippen molar-refractivity contribution in [2.24, 2.45) is 0 Å². The number of hydrogen-bond acceptors (Lipinski definition) is 2. The van der Waals surface area contributed by atoms with Crippen molar-refractivity contribution < 1.29 is 0 Å². The van der Waals surface area contributed by atoms with Gasteiger partial charge in [0, 0.05) is 19.2 Å². The van der Waals surface area contributed by atoms with Gasteiger partial charge in [-0.05, 0) is 73.3 Å². The van der Waals surface area contributed by atoms with Gasteiger partial charge in [0.05, 0.1) is 0 Å². The molecule has 35 heavy (non-hydrogen) atoms. The van der Waals surface area contributed by atoms with Crippen molar-refractivity contribution >= 4 is 10.8 Å². The third-order valence-electron chi connectivity index (χ3n) is 7.23. The van der Waals surface area contributed by atoms with Crippen molar-refractivity contribution in [1.82, 2.24) is 10.2 Å². The molecule has 3 aromatic rings. The molecule has 1 N–H and O–H groups in total. The van der Waals surface area contributed by atoms with Gasteiger partial charge in [-0.1, -0.05) is 96.4 Å². The topological polar surface area (TPSA) is 15.3 Å². The van der Waals surface area contributed by atoms with E-state index in [0.717, 1.165) is 18.4 Å². The lowest BCUT2D eigenvalue weighted by Crippen LogP contribution is -2.46. The van der Waals surface area contributed by atoms with Gasteiger partial charge in [0.1, 0.15) is 5.54 Å². The van der Waals surface area contributed by atoms with Crippen LogP contribution in [0, 0.1) is 12.3 Å². The molecule has 0 saturated carbocycles. The molecule has 0 amide bonds. The van der Waals surface area contributed by atoms with E-state index in [1.165, 1.54) is 39.5 Å². The lowest BCUT2D eigenvalue weighted by Gasteiger charge is -2.44. The Balaban J connectivity index is 2.00. The quantitative estimate of drug-likeness (QED) is 0.283. The van der Waals surface area contributed by atoms with Crippen molar-refractivity contribution in [2.45, 2.75) is 37.6 Å². The summed E-state index contributed by atoms with van der Waals surface area (Å²) < 4.78 is 0. The molecule has 2 heteroatoms. The molecule has 2 nitrogen and oxygen atoms in total. The molecule has 3 aromatic carbocycles. The maximum absolute atomic E-state index is 6.56. The van der Waals surface area contributed by atoms with Crippen LogP contribution in [0.15, 0.2) is 108 Å². The van der Waals surface area contributed by atoms with Crippen molar-refractivity contribution in [1.29, 1.82) is 0 Å². The minimum atomic E-state index is -0.683. The SMILES string of the molecule is C#CC(c1cccc2ccccc12)(C(/C(C)=C/C(=C\NC)C1=CCCC1)c1ccccc1)N(C)C. The summed E-state index contributed by atoms with van der Waals surface area (Å²) in [5, 5.41) is 5.66. The highest BCUT2D eigenvalue weighted by Gasteiger charge is 2.44. The van der Waals surface area contributed by atoms with E-state index in [-0.39, 0.29) is 5.92 Å². The normalized spacial score (nSPS) is 17.1. The van der Waals surface area contributed by atoms with Gasteiger partial charge in [-0.2, -0.15) is 0 Å². The number of terminal acetylenes is 1. The number of hydrogen-bond donors (Lipinski definition) is 1. The molecule has 0 heterocycles. The first-order valence-electron chi connectivity index (χ1n) is 12.5. The van der Waals surface area contributed by atoms with Gasteiger partial charge in [-0.15, -0.1) is 6.42 Å². The molecule has 1 aliphatic rings. The summed E-state index contributed by atoms with van der Waals surface area (Å²) in [6.45, 7) is 2.23. The van der Waals surface area contributed by atoms with Crippen LogP contribution in [0.3, 0.4) is 0 Å². The fourth-order valence-electron chi connectivity index (χ4n) is 5.63. The van der Waals surface area contributed by atoms with Gasteiger partial charge >= 0.3 is 0 Å². The Kier molecular flexibility index (Phi) is 7.59. The predicted octanol–water partition coefficient (Wildman–Crippen LogP) is 7.17. The number of nitrogens with zero attached hydrogens (tertiary/aromatic N) is 1. The van der Waals surface area contributed by atoms with Gasteiger partial charge < -0.3 is 5.32 Å². The highest BCUT2D eigenvalue weighted by atomic mass is 15.1. The second-order valence-corrected chi connectivity index (χ2v) is 9.57. The summed E-state index contributed by atoms with van der Waals surface area (Å²) in [6, 6.07) is 25.7. The first kappa shape index (κ1) is 24.6. The van der Waals surface area contributed by atoms with E-state index in [1.807, 2.05) is 7.05 Å². The van der Waals surface area contributed by atoms with E-state index in [2.05, 4.69) is 128 Å². The number of allylic oxidation sites excluding steroid dienone is 4. The van der Waals surface area contributed by atoms with Gasteiger partial charge in [0.25, 0.3) is 0 Å². The van der Waals surface area contributed by atoms with Crippen LogP contribution in [-0.4, -0.2) is 26.0 Å². The van der Waals surface area contributed by atoms with Gasteiger partial charge in [0.15, 0.2) is 0 Å². The minimum Gasteiger partial charge on any atom is -0.393 e. The molecule has 0 spiro atoms. The number of fused-ring (bicyclic) bond motifs is 1. The third kappa shape index (κ3) is 4.70. The van der Waals surface area contributed by atoms with Crippen LogP contribution in [0.25, 0.3) is 10.8 Å². The molecule has 0 bridgehead atoms.